The molecule has 0 atom stereocenters. The number of aryl methyl sites for hydroxylation is 1. The summed E-state index contributed by atoms with van der Waals surface area (Å²) in [4.78, 5) is 0. The number of methoxy groups -OCH3 is 3. The molecule has 2 N–H and O–H groups in total. The average molecular weight is 290 g/mol. The molecule has 1 aromatic carbocycles. The lowest BCUT2D eigenvalue weighted by Gasteiger charge is -2.12. The highest BCUT2D eigenvalue weighted by atomic mass is 16.5. The third-order valence-electron chi connectivity index (χ3n) is 3.09. The topological polar surface area (TPSA) is 79.7 Å². The smallest absolute Gasteiger partial charge is 0.164 e. The third kappa shape index (κ3) is 2.94. The summed E-state index contributed by atoms with van der Waals surface area (Å²) < 4.78 is 20.9. The van der Waals surface area contributed by atoms with Crippen LogP contribution < -0.4 is 19.9 Å². The number of aromatic nitrogens is 1. The van der Waals surface area contributed by atoms with Crippen molar-refractivity contribution >= 4 is 17.8 Å². The quantitative estimate of drug-likeness (QED) is 0.912. The zero-order valence-corrected chi connectivity index (χ0v) is 12.5. The number of rotatable bonds is 5. The first-order chi connectivity index (χ1) is 10.1. The van der Waals surface area contributed by atoms with Crippen LogP contribution in [0, 0.1) is 6.92 Å². The number of ether oxygens (including phenoxy) is 3. The van der Waals surface area contributed by atoms with E-state index in [-0.39, 0.29) is 0 Å². The van der Waals surface area contributed by atoms with Crippen LogP contribution in [0.1, 0.15) is 17.0 Å². The molecule has 0 radical (unpaired) electrons. The summed E-state index contributed by atoms with van der Waals surface area (Å²) in [6, 6.07) is 3.58. The molecule has 0 saturated heterocycles. The molecule has 0 amide bonds. The van der Waals surface area contributed by atoms with E-state index in [1.807, 2.05) is 12.1 Å². The molecule has 6 heteroatoms. The monoisotopic (exact) mass is 290 g/mol. The van der Waals surface area contributed by atoms with E-state index in [1.165, 1.54) is 0 Å². The highest BCUT2D eigenvalue weighted by Gasteiger charge is 2.11. The predicted molar refractivity (Wildman–Crippen MR) is 80.7 cm³/mol. The summed E-state index contributed by atoms with van der Waals surface area (Å²) in [7, 11) is 4.75. The van der Waals surface area contributed by atoms with E-state index < -0.39 is 0 Å². The summed E-state index contributed by atoms with van der Waals surface area (Å²) in [6.07, 6.45) is 3.59. The molecule has 1 heterocycles. The van der Waals surface area contributed by atoms with Crippen molar-refractivity contribution < 1.29 is 18.7 Å². The minimum Gasteiger partial charge on any atom is -0.496 e. The van der Waals surface area contributed by atoms with Gasteiger partial charge in [-0.05, 0) is 25.1 Å². The molecule has 0 aliphatic carbocycles. The van der Waals surface area contributed by atoms with Gasteiger partial charge in [0.25, 0.3) is 0 Å². The van der Waals surface area contributed by atoms with Gasteiger partial charge >= 0.3 is 0 Å². The van der Waals surface area contributed by atoms with Gasteiger partial charge in [-0.2, -0.15) is 0 Å². The molecule has 2 aromatic rings. The van der Waals surface area contributed by atoms with Crippen LogP contribution in [0.15, 0.2) is 16.7 Å². The van der Waals surface area contributed by atoms with Gasteiger partial charge < -0.3 is 24.5 Å². The third-order valence-corrected chi connectivity index (χ3v) is 3.09. The normalized spacial score (nSPS) is 10.9. The molecule has 0 spiro atoms. The highest BCUT2D eigenvalue weighted by Crippen LogP contribution is 2.35. The molecule has 2 rings (SSSR count). The van der Waals surface area contributed by atoms with Gasteiger partial charge in [0.05, 0.1) is 21.3 Å². The maximum atomic E-state index is 5.86. The van der Waals surface area contributed by atoms with Crippen LogP contribution >= 0.6 is 0 Å². The van der Waals surface area contributed by atoms with Crippen molar-refractivity contribution in [3.63, 3.8) is 0 Å². The zero-order valence-electron chi connectivity index (χ0n) is 12.5. The Kier molecular flexibility index (Phi) is 4.37. The Balaban J connectivity index is 2.41. The van der Waals surface area contributed by atoms with E-state index in [0.717, 1.165) is 5.56 Å². The van der Waals surface area contributed by atoms with Crippen molar-refractivity contribution in [1.82, 2.24) is 5.16 Å². The fourth-order valence-corrected chi connectivity index (χ4v) is 1.87. The Morgan fingerprint density at radius 2 is 1.62 bits per heavy atom. The lowest BCUT2D eigenvalue weighted by atomic mass is 10.1. The lowest BCUT2D eigenvalue weighted by molar-refractivity contribution is 0.348. The maximum Gasteiger partial charge on any atom is 0.164 e. The van der Waals surface area contributed by atoms with E-state index in [2.05, 4.69) is 5.16 Å². The number of anilines is 1. The Bertz CT molecular complexity index is 662. The molecular formula is C15H18N2O4. The van der Waals surface area contributed by atoms with Crippen molar-refractivity contribution in [2.24, 2.45) is 0 Å². The van der Waals surface area contributed by atoms with Gasteiger partial charge in [0, 0.05) is 11.6 Å². The second kappa shape index (κ2) is 6.21. The molecular weight excluding hydrogens is 272 g/mol. The minimum absolute atomic E-state index is 0.519. The standard InChI is InChI=1S/C15H18N2O4/c1-9-15(16)11(17-21-9)6-5-10-7-13(19-3)14(20-4)8-12(10)18-2/h5-8H,16H2,1-4H3/b6-5+. The molecule has 0 bridgehead atoms. The van der Waals surface area contributed by atoms with E-state index in [4.69, 9.17) is 24.5 Å². The molecule has 0 fully saturated rings. The van der Waals surface area contributed by atoms with Gasteiger partial charge in [0.1, 0.15) is 17.1 Å². The van der Waals surface area contributed by atoms with Crippen LogP contribution in [-0.4, -0.2) is 26.5 Å². The SMILES string of the molecule is COc1cc(OC)c(OC)cc1/C=C/c1noc(C)c1N. The van der Waals surface area contributed by atoms with Crippen LogP contribution in [0.25, 0.3) is 12.2 Å². The lowest BCUT2D eigenvalue weighted by Crippen LogP contribution is -1.94. The van der Waals surface area contributed by atoms with Crippen LogP contribution in [0.2, 0.25) is 0 Å². The molecule has 21 heavy (non-hydrogen) atoms. The molecule has 0 unspecified atom stereocenters. The minimum atomic E-state index is 0.519. The van der Waals surface area contributed by atoms with Gasteiger partial charge in [-0.15, -0.1) is 0 Å². The Morgan fingerprint density at radius 1 is 1.00 bits per heavy atom. The Morgan fingerprint density at radius 3 is 2.14 bits per heavy atom. The van der Waals surface area contributed by atoms with E-state index in [1.54, 1.807) is 40.4 Å². The predicted octanol–water partition coefficient (Wildman–Crippen LogP) is 2.76. The summed E-state index contributed by atoms with van der Waals surface area (Å²) in [5.74, 6) is 2.46. The van der Waals surface area contributed by atoms with Crippen LogP contribution in [0.5, 0.6) is 17.2 Å². The van der Waals surface area contributed by atoms with Crippen molar-refractivity contribution in [2.75, 3.05) is 27.1 Å². The summed E-state index contributed by atoms with van der Waals surface area (Å²) in [6.45, 7) is 1.76. The number of nitrogen functional groups attached to an aromatic ring is 1. The first-order valence-electron chi connectivity index (χ1n) is 6.30. The first kappa shape index (κ1) is 14.8. The molecule has 0 aliphatic rings. The second-order valence-electron chi connectivity index (χ2n) is 4.32. The number of benzene rings is 1. The molecule has 0 aliphatic heterocycles. The van der Waals surface area contributed by atoms with Crippen molar-refractivity contribution in [3.8, 4) is 17.2 Å². The summed E-state index contributed by atoms with van der Waals surface area (Å²) in [5, 5.41) is 3.88. The van der Waals surface area contributed by atoms with Crippen molar-refractivity contribution in [3.05, 3.63) is 29.2 Å². The fourth-order valence-electron chi connectivity index (χ4n) is 1.87. The van der Waals surface area contributed by atoms with Crippen LogP contribution in [-0.2, 0) is 0 Å². The largest absolute Gasteiger partial charge is 0.496 e. The van der Waals surface area contributed by atoms with Gasteiger partial charge in [-0.25, -0.2) is 0 Å². The van der Waals surface area contributed by atoms with Crippen LogP contribution in [0.3, 0.4) is 0 Å². The number of nitrogens with two attached hydrogens (primary N) is 1. The fraction of sp³-hybridized carbons (Fsp3) is 0.267. The second-order valence-corrected chi connectivity index (χ2v) is 4.32. The van der Waals surface area contributed by atoms with E-state index >= 15 is 0 Å². The van der Waals surface area contributed by atoms with Crippen molar-refractivity contribution in [1.29, 1.82) is 0 Å². The Hall–Kier alpha value is -2.63. The first-order valence-corrected chi connectivity index (χ1v) is 6.30. The molecule has 1 aromatic heterocycles. The van der Waals surface area contributed by atoms with E-state index in [0.29, 0.717) is 34.4 Å². The van der Waals surface area contributed by atoms with Gasteiger partial charge in [0.15, 0.2) is 17.3 Å². The number of hydrogen-bond donors (Lipinski definition) is 1. The van der Waals surface area contributed by atoms with Gasteiger partial charge in [-0.3, -0.25) is 0 Å². The average Bonchev–Trinajstić information content (AvgIpc) is 2.83. The maximum absolute atomic E-state index is 5.86. The highest BCUT2D eigenvalue weighted by molar-refractivity contribution is 5.77. The van der Waals surface area contributed by atoms with E-state index in [9.17, 15) is 0 Å². The van der Waals surface area contributed by atoms with Crippen LogP contribution in [0.4, 0.5) is 5.69 Å². The molecule has 112 valence electrons. The van der Waals surface area contributed by atoms with Gasteiger partial charge in [-0.1, -0.05) is 5.16 Å². The van der Waals surface area contributed by atoms with Gasteiger partial charge in [0.2, 0.25) is 0 Å². The van der Waals surface area contributed by atoms with Crippen molar-refractivity contribution in [2.45, 2.75) is 6.92 Å². The Labute approximate surface area is 123 Å². The summed E-state index contributed by atoms with van der Waals surface area (Å²) >= 11 is 0. The number of nitrogens with zero attached hydrogens (tertiary/aromatic N) is 1. The molecule has 6 nitrogen and oxygen atoms in total. The zero-order chi connectivity index (χ0) is 15.4. The summed E-state index contributed by atoms with van der Waals surface area (Å²) in [5.41, 5.74) is 7.76. The molecule has 0 saturated carbocycles. The number of hydrogen-bond acceptors (Lipinski definition) is 6.